The molecule has 15 heavy (non-hydrogen) atoms. The van der Waals surface area contributed by atoms with Crippen molar-refractivity contribution < 1.29 is 4.74 Å². The van der Waals surface area contributed by atoms with E-state index in [2.05, 4.69) is 15.1 Å². The van der Waals surface area contributed by atoms with Crippen molar-refractivity contribution in [1.82, 2.24) is 19.7 Å². The number of nitrogens with zero attached hydrogens (tertiary/aromatic N) is 3. The molecule has 0 atom stereocenters. The van der Waals surface area contributed by atoms with Crippen molar-refractivity contribution in [2.75, 3.05) is 7.11 Å². The van der Waals surface area contributed by atoms with Gasteiger partial charge in [-0.1, -0.05) is 0 Å². The fourth-order valence-corrected chi connectivity index (χ4v) is 1.25. The Kier molecular flexibility index (Phi) is 2.24. The van der Waals surface area contributed by atoms with E-state index in [9.17, 15) is 4.79 Å². The summed E-state index contributed by atoms with van der Waals surface area (Å²) in [6, 6.07) is 3.08. The van der Waals surface area contributed by atoms with E-state index in [-0.39, 0.29) is 5.56 Å². The Morgan fingerprint density at radius 1 is 1.40 bits per heavy atom. The number of aromatic nitrogens is 4. The first-order chi connectivity index (χ1) is 7.20. The van der Waals surface area contributed by atoms with Crippen molar-refractivity contribution in [1.29, 1.82) is 0 Å². The molecule has 0 saturated heterocycles. The van der Waals surface area contributed by atoms with Gasteiger partial charge < -0.3 is 4.74 Å². The highest BCUT2D eigenvalue weighted by Crippen LogP contribution is 2.07. The Morgan fingerprint density at radius 3 is 2.80 bits per heavy atom. The van der Waals surface area contributed by atoms with Crippen LogP contribution in [0.2, 0.25) is 0 Å². The third kappa shape index (κ3) is 1.74. The molecule has 0 aliphatic carbocycles. The second-order valence-corrected chi connectivity index (χ2v) is 3.03. The van der Waals surface area contributed by atoms with Gasteiger partial charge in [-0.3, -0.25) is 9.89 Å². The van der Waals surface area contributed by atoms with Gasteiger partial charge in [-0.05, 0) is 6.92 Å². The molecule has 0 bridgehead atoms. The van der Waals surface area contributed by atoms with Crippen LogP contribution in [0.1, 0.15) is 5.69 Å². The summed E-state index contributed by atoms with van der Waals surface area (Å²) >= 11 is 0. The van der Waals surface area contributed by atoms with E-state index < -0.39 is 0 Å². The molecule has 0 amide bonds. The van der Waals surface area contributed by atoms with Crippen LogP contribution in [0.4, 0.5) is 0 Å². The number of H-pyrrole nitrogens is 1. The highest BCUT2D eigenvalue weighted by atomic mass is 16.5. The van der Waals surface area contributed by atoms with Crippen LogP contribution in [0.3, 0.4) is 0 Å². The van der Waals surface area contributed by atoms with E-state index in [1.165, 1.54) is 24.2 Å². The van der Waals surface area contributed by atoms with Crippen LogP contribution in [-0.2, 0) is 0 Å². The number of rotatable bonds is 2. The van der Waals surface area contributed by atoms with Crippen LogP contribution >= 0.6 is 0 Å². The fraction of sp³-hybridized carbons (Fsp3) is 0.222. The predicted octanol–water partition coefficient (Wildman–Crippen LogP) is 0.273. The first-order valence-electron chi connectivity index (χ1n) is 4.36. The second-order valence-electron chi connectivity index (χ2n) is 3.03. The Hall–Kier alpha value is -2.11. The lowest BCUT2D eigenvalue weighted by Gasteiger charge is -2.02. The summed E-state index contributed by atoms with van der Waals surface area (Å²) in [4.78, 5) is 19.3. The van der Waals surface area contributed by atoms with Crippen molar-refractivity contribution in [3.05, 3.63) is 34.5 Å². The molecule has 2 heterocycles. The lowest BCUT2D eigenvalue weighted by Crippen LogP contribution is -2.15. The van der Waals surface area contributed by atoms with Crippen LogP contribution < -0.4 is 10.3 Å². The summed E-state index contributed by atoms with van der Waals surface area (Å²) in [5.74, 6) is 0.874. The summed E-state index contributed by atoms with van der Waals surface area (Å²) in [6.07, 6.45) is 1.34. The molecule has 0 saturated carbocycles. The molecule has 2 rings (SSSR count). The highest BCUT2D eigenvalue weighted by molar-refractivity contribution is 5.26. The van der Waals surface area contributed by atoms with E-state index in [0.717, 1.165) is 5.69 Å². The Bertz CT molecular complexity index is 529. The van der Waals surface area contributed by atoms with E-state index in [1.54, 1.807) is 13.0 Å². The smallest absolute Gasteiger partial charge is 0.272 e. The number of nitrogens with one attached hydrogen (secondary N) is 1. The number of aromatic amines is 1. The number of methoxy groups -OCH3 is 1. The molecule has 0 radical (unpaired) electrons. The van der Waals surface area contributed by atoms with Crippen molar-refractivity contribution in [3.8, 4) is 11.7 Å². The Morgan fingerprint density at radius 2 is 2.20 bits per heavy atom. The van der Waals surface area contributed by atoms with E-state index in [0.29, 0.717) is 11.7 Å². The second kappa shape index (κ2) is 3.56. The van der Waals surface area contributed by atoms with Crippen molar-refractivity contribution in [2.24, 2.45) is 0 Å². The molecular formula is C9H10N4O2. The lowest BCUT2D eigenvalue weighted by atomic mass is 10.5. The first kappa shape index (κ1) is 9.45. The third-order valence-electron chi connectivity index (χ3n) is 1.91. The fourth-order valence-electron chi connectivity index (χ4n) is 1.25. The van der Waals surface area contributed by atoms with E-state index >= 15 is 0 Å². The van der Waals surface area contributed by atoms with Gasteiger partial charge in [0.05, 0.1) is 7.11 Å². The Labute approximate surface area is 85.5 Å². The molecule has 2 aromatic rings. The topological polar surface area (TPSA) is 72.8 Å². The van der Waals surface area contributed by atoms with Gasteiger partial charge in [0.25, 0.3) is 5.56 Å². The molecule has 78 valence electrons. The average molecular weight is 206 g/mol. The number of hydrogen-bond donors (Lipinski definition) is 1. The SMILES string of the molecule is COc1cc(-n2[nH]c(C)cc2=O)ncn1. The normalized spacial score (nSPS) is 10.3. The van der Waals surface area contributed by atoms with Crippen LogP contribution in [0, 0.1) is 6.92 Å². The number of ether oxygens (including phenoxy) is 1. The molecule has 1 N–H and O–H groups in total. The third-order valence-corrected chi connectivity index (χ3v) is 1.91. The summed E-state index contributed by atoms with van der Waals surface area (Å²) in [7, 11) is 1.51. The molecule has 2 aromatic heterocycles. The standard InChI is InChI=1S/C9H10N4O2/c1-6-3-9(14)13(12-6)7-4-8(15-2)11-5-10-7/h3-5,12H,1-2H3. The van der Waals surface area contributed by atoms with Crippen LogP contribution in [-0.4, -0.2) is 26.9 Å². The maximum Gasteiger partial charge on any atom is 0.272 e. The molecular weight excluding hydrogens is 196 g/mol. The van der Waals surface area contributed by atoms with Gasteiger partial charge in [-0.15, -0.1) is 0 Å². The largest absolute Gasteiger partial charge is 0.481 e. The van der Waals surface area contributed by atoms with Gasteiger partial charge in [0.2, 0.25) is 5.88 Å². The molecule has 6 heteroatoms. The zero-order valence-electron chi connectivity index (χ0n) is 8.39. The van der Waals surface area contributed by atoms with Crippen LogP contribution in [0.25, 0.3) is 5.82 Å². The molecule has 0 unspecified atom stereocenters. The maximum atomic E-state index is 11.5. The summed E-state index contributed by atoms with van der Waals surface area (Å²) in [6.45, 7) is 1.80. The van der Waals surface area contributed by atoms with Gasteiger partial charge in [-0.2, -0.15) is 0 Å². The van der Waals surface area contributed by atoms with Crippen molar-refractivity contribution in [3.63, 3.8) is 0 Å². The van der Waals surface area contributed by atoms with Gasteiger partial charge in [-0.25, -0.2) is 14.6 Å². The van der Waals surface area contributed by atoms with Gasteiger partial charge >= 0.3 is 0 Å². The summed E-state index contributed by atoms with van der Waals surface area (Å²) in [5.41, 5.74) is 0.617. The minimum Gasteiger partial charge on any atom is -0.481 e. The number of aryl methyl sites for hydroxylation is 1. The molecule has 0 spiro atoms. The zero-order valence-corrected chi connectivity index (χ0v) is 8.39. The lowest BCUT2D eigenvalue weighted by molar-refractivity contribution is 0.396. The Balaban J connectivity index is 2.53. The molecule has 0 fully saturated rings. The minimum atomic E-state index is -0.159. The average Bonchev–Trinajstić information content (AvgIpc) is 2.58. The summed E-state index contributed by atoms with van der Waals surface area (Å²) in [5, 5.41) is 2.87. The van der Waals surface area contributed by atoms with Gasteiger partial charge in [0.1, 0.15) is 6.33 Å². The highest BCUT2D eigenvalue weighted by Gasteiger charge is 2.05. The van der Waals surface area contributed by atoms with Crippen LogP contribution in [0.5, 0.6) is 5.88 Å². The number of hydrogen-bond acceptors (Lipinski definition) is 4. The van der Waals surface area contributed by atoms with E-state index in [1.807, 2.05) is 0 Å². The molecule has 6 nitrogen and oxygen atoms in total. The first-order valence-corrected chi connectivity index (χ1v) is 4.36. The predicted molar refractivity (Wildman–Crippen MR) is 53.3 cm³/mol. The monoisotopic (exact) mass is 206 g/mol. The van der Waals surface area contributed by atoms with Gasteiger partial charge in [0, 0.05) is 17.8 Å². The molecule has 0 aromatic carbocycles. The van der Waals surface area contributed by atoms with Gasteiger partial charge in [0.15, 0.2) is 5.82 Å². The van der Waals surface area contributed by atoms with Crippen molar-refractivity contribution in [2.45, 2.75) is 6.92 Å². The summed E-state index contributed by atoms with van der Waals surface area (Å²) < 4.78 is 6.28. The van der Waals surface area contributed by atoms with Crippen LogP contribution in [0.15, 0.2) is 23.3 Å². The minimum absolute atomic E-state index is 0.159. The quantitative estimate of drug-likeness (QED) is 0.765. The maximum absolute atomic E-state index is 11.5. The van der Waals surface area contributed by atoms with E-state index in [4.69, 9.17) is 4.74 Å². The molecule has 0 aliphatic heterocycles. The van der Waals surface area contributed by atoms with Crippen molar-refractivity contribution >= 4 is 0 Å². The zero-order chi connectivity index (χ0) is 10.8. The molecule has 0 aliphatic rings.